The molecule has 18 heavy (non-hydrogen) atoms. The molecule has 1 aliphatic rings. The molecule has 106 valence electrons. The van der Waals surface area contributed by atoms with Crippen molar-refractivity contribution in [1.82, 2.24) is 4.90 Å². The molecule has 0 radical (unpaired) electrons. The van der Waals surface area contributed by atoms with Crippen molar-refractivity contribution in [2.24, 2.45) is 5.92 Å². The Morgan fingerprint density at radius 1 is 1.39 bits per heavy atom. The SMILES string of the molecule is CC[S+]([O-])CC1CCN(C(=O)OC(C)(C)C)CC1. The van der Waals surface area contributed by atoms with Crippen LogP contribution in [0.4, 0.5) is 4.79 Å². The van der Waals surface area contributed by atoms with Gasteiger partial charge in [0.25, 0.3) is 0 Å². The van der Waals surface area contributed by atoms with Gasteiger partial charge >= 0.3 is 6.09 Å². The van der Waals surface area contributed by atoms with Gasteiger partial charge in [0.15, 0.2) is 0 Å². The summed E-state index contributed by atoms with van der Waals surface area (Å²) in [6.45, 7) is 9.03. The van der Waals surface area contributed by atoms with Gasteiger partial charge in [-0.3, -0.25) is 0 Å². The van der Waals surface area contributed by atoms with Crippen LogP contribution in [0.15, 0.2) is 0 Å². The Hall–Kier alpha value is -0.420. The van der Waals surface area contributed by atoms with E-state index in [4.69, 9.17) is 4.74 Å². The minimum Gasteiger partial charge on any atom is -0.616 e. The minimum absolute atomic E-state index is 0.224. The second-order valence-electron chi connectivity index (χ2n) is 5.81. The number of likely N-dealkylation sites (tertiary alicyclic amines) is 1. The molecule has 1 saturated heterocycles. The number of hydrogen-bond acceptors (Lipinski definition) is 3. The Labute approximate surface area is 113 Å². The third-order valence-electron chi connectivity index (χ3n) is 3.01. The third-order valence-corrected chi connectivity index (χ3v) is 4.50. The predicted molar refractivity (Wildman–Crippen MR) is 74.1 cm³/mol. The number of carbonyl (C=O) groups excluding carboxylic acids is 1. The van der Waals surface area contributed by atoms with Gasteiger partial charge in [-0.2, -0.15) is 0 Å². The van der Waals surface area contributed by atoms with Crippen LogP contribution in [0.5, 0.6) is 0 Å². The van der Waals surface area contributed by atoms with Gasteiger partial charge in [-0.25, -0.2) is 4.79 Å². The lowest BCUT2D eigenvalue weighted by molar-refractivity contribution is 0.0191. The van der Waals surface area contributed by atoms with Gasteiger partial charge < -0.3 is 14.2 Å². The van der Waals surface area contributed by atoms with Crippen LogP contribution < -0.4 is 0 Å². The van der Waals surface area contributed by atoms with E-state index in [2.05, 4.69) is 0 Å². The molecule has 0 aliphatic carbocycles. The summed E-state index contributed by atoms with van der Waals surface area (Å²) >= 11 is -0.697. The number of amides is 1. The highest BCUT2D eigenvalue weighted by molar-refractivity contribution is 7.91. The molecule has 1 amide bonds. The molecule has 0 aromatic heterocycles. The molecule has 0 spiro atoms. The lowest BCUT2D eigenvalue weighted by atomic mass is 9.99. The molecule has 5 heteroatoms. The van der Waals surface area contributed by atoms with Gasteiger partial charge in [-0.05, 0) is 40.5 Å². The fourth-order valence-electron chi connectivity index (χ4n) is 1.99. The van der Waals surface area contributed by atoms with Crippen molar-refractivity contribution < 1.29 is 14.1 Å². The molecule has 1 atom stereocenters. The van der Waals surface area contributed by atoms with E-state index in [1.165, 1.54) is 0 Å². The first-order chi connectivity index (χ1) is 8.31. The van der Waals surface area contributed by atoms with Crippen LogP contribution in [0.2, 0.25) is 0 Å². The zero-order chi connectivity index (χ0) is 13.8. The molecule has 1 heterocycles. The summed E-state index contributed by atoms with van der Waals surface area (Å²) in [7, 11) is 0. The highest BCUT2D eigenvalue weighted by atomic mass is 32.2. The van der Waals surface area contributed by atoms with Gasteiger partial charge in [-0.1, -0.05) is 11.2 Å². The Morgan fingerprint density at radius 3 is 2.39 bits per heavy atom. The molecule has 1 rings (SSSR count). The van der Waals surface area contributed by atoms with E-state index < -0.39 is 16.8 Å². The second-order valence-corrected chi connectivity index (χ2v) is 7.60. The topological polar surface area (TPSA) is 52.6 Å². The molecular formula is C13H25NO3S. The van der Waals surface area contributed by atoms with Crippen LogP contribution >= 0.6 is 0 Å². The Morgan fingerprint density at radius 2 is 1.94 bits per heavy atom. The van der Waals surface area contributed by atoms with Crippen LogP contribution in [0.25, 0.3) is 0 Å². The maximum Gasteiger partial charge on any atom is 0.410 e. The molecule has 4 nitrogen and oxygen atoms in total. The maximum atomic E-state index is 11.8. The van der Waals surface area contributed by atoms with Gasteiger partial charge in [0.1, 0.15) is 17.1 Å². The first kappa shape index (κ1) is 15.6. The molecule has 1 unspecified atom stereocenters. The molecule has 0 bridgehead atoms. The zero-order valence-corrected chi connectivity index (χ0v) is 12.7. The number of carbonyl (C=O) groups is 1. The van der Waals surface area contributed by atoms with E-state index in [-0.39, 0.29) is 6.09 Å². The van der Waals surface area contributed by atoms with Crippen molar-refractivity contribution in [1.29, 1.82) is 0 Å². The van der Waals surface area contributed by atoms with Crippen molar-refractivity contribution in [2.75, 3.05) is 24.6 Å². The van der Waals surface area contributed by atoms with E-state index >= 15 is 0 Å². The summed E-state index contributed by atoms with van der Waals surface area (Å²) in [6.07, 6.45) is 1.65. The monoisotopic (exact) mass is 275 g/mol. The van der Waals surface area contributed by atoms with Crippen molar-refractivity contribution in [3.8, 4) is 0 Å². The van der Waals surface area contributed by atoms with E-state index in [1.54, 1.807) is 4.90 Å². The summed E-state index contributed by atoms with van der Waals surface area (Å²) in [6, 6.07) is 0. The fraction of sp³-hybridized carbons (Fsp3) is 0.923. The summed E-state index contributed by atoms with van der Waals surface area (Å²) < 4.78 is 16.8. The first-order valence-electron chi connectivity index (χ1n) is 6.64. The van der Waals surface area contributed by atoms with Gasteiger partial charge in [0.2, 0.25) is 0 Å². The molecule has 0 N–H and O–H groups in total. The van der Waals surface area contributed by atoms with Gasteiger partial charge in [0.05, 0.1) is 0 Å². The maximum absolute atomic E-state index is 11.8. The molecule has 0 saturated carbocycles. The summed E-state index contributed by atoms with van der Waals surface area (Å²) in [4.78, 5) is 13.6. The largest absolute Gasteiger partial charge is 0.616 e. The molecule has 1 aliphatic heterocycles. The van der Waals surface area contributed by atoms with Gasteiger partial charge in [0, 0.05) is 19.0 Å². The number of rotatable bonds is 3. The first-order valence-corrected chi connectivity index (χ1v) is 8.13. The quantitative estimate of drug-likeness (QED) is 0.743. The van der Waals surface area contributed by atoms with Gasteiger partial charge in [-0.15, -0.1) is 0 Å². The summed E-state index contributed by atoms with van der Waals surface area (Å²) in [5.74, 6) is 2.00. The number of ether oxygens (including phenoxy) is 1. The molecule has 0 aromatic carbocycles. The minimum atomic E-state index is -0.697. The molecule has 1 fully saturated rings. The van der Waals surface area contributed by atoms with Crippen LogP contribution in [-0.4, -0.2) is 45.7 Å². The highest BCUT2D eigenvalue weighted by Crippen LogP contribution is 2.21. The normalized spacial score (nSPS) is 19.7. The highest BCUT2D eigenvalue weighted by Gasteiger charge is 2.28. The van der Waals surface area contributed by atoms with E-state index in [0.29, 0.717) is 5.92 Å². The number of nitrogens with zero attached hydrogens (tertiary/aromatic N) is 1. The second kappa shape index (κ2) is 6.66. The van der Waals surface area contributed by atoms with E-state index in [9.17, 15) is 9.35 Å². The van der Waals surface area contributed by atoms with Crippen LogP contribution in [-0.2, 0) is 15.9 Å². The smallest absolute Gasteiger partial charge is 0.410 e. The van der Waals surface area contributed by atoms with Crippen molar-refractivity contribution in [2.45, 2.75) is 46.1 Å². The lowest BCUT2D eigenvalue weighted by Crippen LogP contribution is -2.42. The average Bonchev–Trinajstić information content (AvgIpc) is 2.27. The number of piperidine rings is 1. The molecular weight excluding hydrogens is 250 g/mol. The van der Waals surface area contributed by atoms with Crippen molar-refractivity contribution >= 4 is 17.3 Å². The summed E-state index contributed by atoms with van der Waals surface area (Å²) in [5.41, 5.74) is -0.433. The third kappa shape index (κ3) is 5.48. The van der Waals surface area contributed by atoms with E-state index in [1.807, 2.05) is 27.7 Å². The van der Waals surface area contributed by atoms with E-state index in [0.717, 1.165) is 37.4 Å². The lowest BCUT2D eigenvalue weighted by Gasteiger charge is -2.33. The summed E-state index contributed by atoms with van der Waals surface area (Å²) in [5, 5.41) is 0. The van der Waals surface area contributed by atoms with Crippen LogP contribution in [0.3, 0.4) is 0 Å². The van der Waals surface area contributed by atoms with Crippen molar-refractivity contribution in [3.05, 3.63) is 0 Å². The number of hydrogen-bond donors (Lipinski definition) is 0. The van der Waals surface area contributed by atoms with Crippen molar-refractivity contribution in [3.63, 3.8) is 0 Å². The average molecular weight is 275 g/mol. The Balaban J connectivity index is 2.33. The fourth-order valence-corrected chi connectivity index (χ4v) is 3.08. The zero-order valence-electron chi connectivity index (χ0n) is 11.9. The van der Waals surface area contributed by atoms with Crippen LogP contribution in [0, 0.1) is 5.92 Å². The molecule has 0 aromatic rings. The van der Waals surface area contributed by atoms with Crippen LogP contribution in [0.1, 0.15) is 40.5 Å². The Bertz CT molecular complexity index is 270. The Kier molecular flexibility index (Phi) is 5.79. The predicted octanol–water partition coefficient (Wildman–Crippen LogP) is 2.40. The standard InChI is InChI=1S/C13H25NO3S/c1-5-18(16)10-11-6-8-14(9-7-11)12(15)17-13(2,3)4/h11H,5-10H2,1-4H3.